The summed E-state index contributed by atoms with van der Waals surface area (Å²) in [5.41, 5.74) is 7.47. The summed E-state index contributed by atoms with van der Waals surface area (Å²) in [6.45, 7) is 1.76. The maximum Gasteiger partial charge on any atom is 0.573 e. The normalized spacial score (nSPS) is 11.8. The molecular formula is C18H19F3N4O2. The van der Waals surface area contributed by atoms with E-state index in [0.717, 1.165) is 5.56 Å². The molecule has 0 spiro atoms. The minimum Gasteiger partial charge on any atom is -0.404 e. The second-order valence-electron chi connectivity index (χ2n) is 5.56. The average Bonchev–Trinajstić information content (AvgIpc) is 2.56. The van der Waals surface area contributed by atoms with Crippen LogP contribution in [0.3, 0.4) is 0 Å². The fourth-order valence-corrected chi connectivity index (χ4v) is 2.22. The second kappa shape index (κ2) is 8.93. The van der Waals surface area contributed by atoms with Gasteiger partial charge < -0.3 is 21.1 Å². The van der Waals surface area contributed by atoms with Crippen molar-refractivity contribution >= 4 is 23.2 Å². The first-order chi connectivity index (χ1) is 12.7. The van der Waals surface area contributed by atoms with E-state index in [1.165, 1.54) is 25.1 Å². The highest BCUT2D eigenvalue weighted by Gasteiger charge is 2.32. The van der Waals surface area contributed by atoms with Gasteiger partial charge in [0.1, 0.15) is 0 Å². The topological polar surface area (TPSA) is 88.7 Å². The van der Waals surface area contributed by atoms with Crippen LogP contribution in [0, 0.1) is 0 Å². The van der Waals surface area contributed by atoms with Crippen molar-refractivity contribution in [3.63, 3.8) is 0 Å². The quantitative estimate of drug-likeness (QED) is 0.529. The van der Waals surface area contributed by atoms with Gasteiger partial charge in [0.05, 0.1) is 5.69 Å². The Kier molecular flexibility index (Phi) is 6.64. The molecule has 6 nitrogen and oxygen atoms in total. The molecule has 0 radical (unpaired) electrons. The molecule has 0 saturated carbocycles. The fraction of sp³-hybridized carbons (Fsp3) is 0.222. The van der Waals surface area contributed by atoms with Crippen LogP contribution < -0.4 is 21.1 Å². The third-order valence-corrected chi connectivity index (χ3v) is 3.33. The Morgan fingerprint density at radius 1 is 1.11 bits per heavy atom. The number of amides is 1. The van der Waals surface area contributed by atoms with Crippen molar-refractivity contribution in [1.29, 1.82) is 0 Å². The number of guanidine groups is 1. The summed E-state index contributed by atoms with van der Waals surface area (Å²) in [4.78, 5) is 15.1. The standard InChI is InChI=1S/C18H19F3N4O2/c1-12(26)24-14-8-6-13(7-9-14)10-11-23-17(22)25-15-4-2-3-5-16(15)27-18(19,20)21/h2-9H,10-11H2,1H3,(H,24,26)(H3,22,23,25). The predicted molar refractivity (Wildman–Crippen MR) is 97.7 cm³/mol. The highest BCUT2D eigenvalue weighted by Crippen LogP contribution is 2.29. The molecule has 0 aliphatic rings. The molecule has 0 aliphatic heterocycles. The van der Waals surface area contributed by atoms with Crippen LogP contribution in [0.5, 0.6) is 5.75 Å². The lowest BCUT2D eigenvalue weighted by atomic mass is 10.1. The summed E-state index contributed by atoms with van der Waals surface area (Å²) in [5.74, 6) is -0.569. The molecule has 0 fully saturated rings. The van der Waals surface area contributed by atoms with Crippen molar-refractivity contribution in [3.05, 3.63) is 54.1 Å². The van der Waals surface area contributed by atoms with Crippen LogP contribution in [0.1, 0.15) is 12.5 Å². The number of nitrogens with zero attached hydrogens (tertiary/aromatic N) is 1. The number of rotatable bonds is 6. The Morgan fingerprint density at radius 2 is 1.78 bits per heavy atom. The fourth-order valence-electron chi connectivity index (χ4n) is 2.22. The maximum absolute atomic E-state index is 12.4. The first-order valence-corrected chi connectivity index (χ1v) is 8.01. The summed E-state index contributed by atoms with van der Waals surface area (Å²) < 4.78 is 41.2. The molecule has 0 heterocycles. The monoisotopic (exact) mass is 380 g/mol. The van der Waals surface area contributed by atoms with E-state index >= 15 is 0 Å². The number of para-hydroxylation sites is 2. The van der Waals surface area contributed by atoms with E-state index < -0.39 is 12.1 Å². The van der Waals surface area contributed by atoms with E-state index in [1.807, 2.05) is 12.1 Å². The van der Waals surface area contributed by atoms with Gasteiger partial charge >= 0.3 is 6.36 Å². The maximum atomic E-state index is 12.4. The molecule has 4 N–H and O–H groups in total. The van der Waals surface area contributed by atoms with Crippen LogP contribution in [0.25, 0.3) is 0 Å². The van der Waals surface area contributed by atoms with Gasteiger partial charge in [-0.05, 0) is 36.2 Å². The number of alkyl halides is 3. The van der Waals surface area contributed by atoms with Gasteiger partial charge in [-0.25, -0.2) is 0 Å². The van der Waals surface area contributed by atoms with Gasteiger partial charge in [0.15, 0.2) is 11.7 Å². The molecule has 0 aromatic heterocycles. The van der Waals surface area contributed by atoms with Crippen LogP contribution in [0.15, 0.2) is 53.5 Å². The van der Waals surface area contributed by atoms with Crippen LogP contribution in [0.2, 0.25) is 0 Å². The molecule has 0 saturated heterocycles. The number of anilines is 2. The molecule has 0 atom stereocenters. The minimum atomic E-state index is -4.80. The molecule has 0 unspecified atom stereocenters. The average molecular weight is 380 g/mol. The van der Waals surface area contributed by atoms with Crippen LogP contribution >= 0.6 is 0 Å². The van der Waals surface area contributed by atoms with Crippen molar-refractivity contribution in [2.75, 3.05) is 17.2 Å². The predicted octanol–water partition coefficient (Wildman–Crippen LogP) is 3.51. The number of ether oxygens (including phenoxy) is 1. The third-order valence-electron chi connectivity index (χ3n) is 3.33. The second-order valence-corrected chi connectivity index (χ2v) is 5.56. The van der Waals surface area contributed by atoms with Gasteiger partial charge in [0.2, 0.25) is 5.91 Å². The lowest BCUT2D eigenvalue weighted by Crippen LogP contribution is -2.24. The molecule has 2 aromatic rings. The number of halogens is 3. The van der Waals surface area contributed by atoms with Crippen LogP contribution in [-0.4, -0.2) is 24.8 Å². The van der Waals surface area contributed by atoms with E-state index in [4.69, 9.17) is 5.73 Å². The van der Waals surface area contributed by atoms with Crippen molar-refractivity contribution in [3.8, 4) is 5.75 Å². The molecule has 9 heteroatoms. The zero-order chi connectivity index (χ0) is 19.9. The number of nitrogens with one attached hydrogen (secondary N) is 2. The summed E-state index contributed by atoms with van der Waals surface area (Å²) >= 11 is 0. The third kappa shape index (κ3) is 7.27. The summed E-state index contributed by atoms with van der Waals surface area (Å²) in [7, 11) is 0. The van der Waals surface area contributed by atoms with Crippen molar-refractivity contribution in [2.24, 2.45) is 10.7 Å². The molecule has 0 aliphatic carbocycles. The number of carbonyl (C=O) groups excluding carboxylic acids is 1. The number of hydrogen-bond donors (Lipinski definition) is 3. The zero-order valence-corrected chi connectivity index (χ0v) is 14.5. The lowest BCUT2D eigenvalue weighted by molar-refractivity contribution is -0.274. The highest BCUT2D eigenvalue weighted by molar-refractivity contribution is 5.93. The van der Waals surface area contributed by atoms with Crippen LogP contribution in [-0.2, 0) is 11.2 Å². The van der Waals surface area contributed by atoms with Gasteiger partial charge in [0, 0.05) is 19.2 Å². The van der Waals surface area contributed by atoms with Gasteiger partial charge in [-0.15, -0.1) is 13.2 Å². The summed E-state index contributed by atoms with van der Waals surface area (Å²) in [5, 5.41) is 5.27. The zero-order valence-electron chi connectivity index (χ0n) is 14.5. The molecule has 0 bridgehead atoms. The van der Waals surface area contributed by atoms with Gasteiger partial charge in [0.25, 0.3) is 0 Å². The van der Waals surface area contributed by atoms with Crippen molar-refractivity contribution < 1.29 is 22.7 Å². The van der Waals surface area contributed by atoms with Crippen molar-refractivity contribution in [2.45, 2.75) is 19.7 Å². The van der Waals surface area contributed by atoms with E-state index in [0.29, 0.717) is 18.7 Å². The van der Waals surface area contributed by atoms with Gasteiger partial charge in [-0.1, -0.05) is 24.3 Å². The Morgan fingerprint density at radius 3 is 2.41 bits per heavy atom. The molecule has 144 valence electrons. The molecular weight excluding hydrogens is 361 g/mol. The smallest absolute Gasteiger partial charge is 0.404 e. The van der Waals surface area contributed by atoms with Gasteiger partial charge in [-0.3, -0.25) is 9.79 Å². The first-order valence-electron chi connectivity index (χ1n) is 8.01. The number of nitrogens with two attached hydrogens (primary N) is 1. The van der Waals surface area contributed by atoms with E-state index in [1.54, 1.807) is 18.2 Å². The molecule has 27 heavy (non-hydrogen) atoms. The largest absolute Gasteiger partial charge is 0.573 e. The first kappa shape index (κ1) is 20.1. The summed E-state index contributed by atoms with van der Waals surface area (Å²) in [6, 6.07) is 12.8. The number of carbonyl (C=O) groups is 1. The Labute approximate surface area is 154 Å². The molecule has 2 aromatic carbocycles. The molecule has 1 amide bonds. The Balaban J connectivity index is 1.92. The Bertz CT molecular complexity index is 805. The van der Waals surface area contributed by atoms with E-state index in [-0.39, 0.29) is 17.6 Å². The summed E-state index contributed by atoms with van der Waals surface area (Å²) in [6.07, 6.45) is -4.23. The van der Waals surface area contributed by atoms with Gasteiger partial charge in [-0.2, -0.15) is 0 Å². The molecule has 2 rings (SSSR count). The van der Waals surface area contributed by atoms with E-state index in [2.05, 4.69) is 20.4 Å². The number of hydrogen-bond acceptors (Lipinski definition) is 3. The van der Waals surface area contributed by atoms with Crippen molar-refractivity contribution in [1.82, 2.24) is 0 Å². The highest BCUT2D eigenvalue weighted by atomic mass is 19.4. The SMILES string of the molecule is CC(=O)Nc1ccc(CCN=C(N)Nc2ccccc2OC(F)(F)F)cc1. The van der Waals surface area contributed by atoms with E-state index in [9.17, 15) is 18.0 Å². The number of benzene rings is 2. The minimum absolute atomic E-state index is 0.0249. The number of aliphatic imine (C=N–C) groups is 1. The lowest BCUT2D eigenvalue weighted by Gasteiger charge is -2.14. The van der Waals surface area contributed by atoms with Crippen LogP contribution in [0.4, 0.5) is 24.5 Å². The Hall–Kier alpha value is -3.23.